The third-order valence-electron chi connectivity index (χ3n) is 7.71. The van der Waals surface area contributed by atoms with E-state index < -0.39 is 0 Å². The first-order valence-corrected chi connectivity index (χ1v) is 15.4. The number of aromatic nitrogens is 2. The molecule has 0 radical (unpaired) electrons. The van der Waals surface area contributed by atoms with Crippen molar-refractivity contribution >= 4 is 0 Å². The normalized spacial score (nSPS) is 11.4. The number of aryl methyl sites for hydroxylation is 1. The third-order valence-corrected chi connectivity index (χ3v) is 7.71. The van der Waals surface area contributed by atoms with E-state index in [1.165, 1.54) is 140 Å². The molecule has 0 bridgehead atoms. The summed E-state index contributed by atoms with van der Waals surface area (Å²) >= 11 is 0. The van der Waals surface area contributed by atoms with Gasteiger partial charge in [0.2, 0.25) is 0 Å². The quantitative estimate of drug-likeness (QED) is 0.110. The Morgan fingerprint density at radius 3 is 1.46 bits per heavy atom. The molecule has 0 aliphatic heterocycles. The Labute approximate surface area is 218 Å². The van der Waals surface area contributed by atoms with Gasteiger partial charge in [-0.1, -0.05) is 153 Å². The van der Waals surface area contributed by atoms with Crippen molar-refractivity contribution in [2.24, 2.45) is 0 Å². The van der Waals surface area contributed by atoms with Crippen LogP contribution in [0.25, 0.3) is 0 Å². The molecule has 0 aliphatic rings. The van der Waals surface area contributed by atoms with Crippen LogP contribution < -0.4 is 4.57 Å². The molecule has 1 aromatic heterocycles. The highest BCUT2D eigenvalue weighted by molar-refractivity contribution is 5.13. The van der Waals surface area contributed by atoms with Gasteiger partial charge in [-0.25, -0.2) is 9.13 Å². The molecule has 0 amide bonds. The fraction of sp³-hybridized carbons (Fsp3) is 0.727. The van der Waals surface area contributed by atoms with E-state index >= 15 is 0 Å². The lowest BCUT2D eigenvalue weighted by Gasteiger charge is -2.04. The minimum Gasteiger partial charge on any atom is -0.234 e. The summed E-state index contributed by atoms with van der Waals surface area (Å²) in [5, 5.41) is 0. The van der Waals surface area contributed by atoms with Crippen molar-refractivity contribution in [1.29, 1.82) is 0 Å². The molecule has 0 atom stereocenters. The molecule has 2 aromatic rings. The highest BCUT2D eigenvalue weighted by atomic mass is 15.1. The number of benzene rings is 1. The third kappa shape index (κ3) is 14.6. The lowest BCUT2D eigenvalue weighted by Crippen LogP contribution is -2.36. The maximum absolute atomic E-state index is 2.43. The van der Waals surface area contributed by atoms with E-state index in [1.807, 2.05) is 0 Å². The van der Waals surface area contributed by atoms with Gasteiger partial charge in [0.25, 0.3) is 5.82 Å². The number of unbranched alkanes of at least 4 members (excludes halogenated alkanes) is 19. The smallest absolute Gasteiger partial charge is 0.234 e. The number of imidazole rings is 1. The number of hydrogen-bond donors (Lipinski definition) is 0. The van der Waals surface area contributed by atoms with Gasteiger partial charge >= 0.3 is 0 Å². The second-order valence-corrected chi connectivity index (χ2v) is 10.9. The van der Waals surface area contributed by atoms with E-state index in [9.17, 15) is 0 Å². The van der Waals surface area contributed by atoms with Gasteiger partial charge in [-0.3, -0.25) is 0 Å². The van der Waals surface area contributed by atoms with Crippen LogP contribution in [-0.2, 0) is 13.1 Å². The van der Waals surface area contributed by atoms with E-state index in [-0.39, 0.29) is 0 Å². The lowest BCUT2D eigenvalue weighted by molar-refractivity contribution is -0.694. The predicted octanol–water partition coefficient (Wildman–Crippen LogP) is 9.95. The molecule has 0 N–H and O–H groups in total. The van der Waals surface area contributed by atoms with Crippen molar-refractivity contribution in [3.8, 4) is 0 Å². The largest absolute Gasteiger partial charge is 0.253 e. The second-order valence-electron chi connectivity index (χ2n) is 10.9. The predicted molar refractivity (Wildman–Crippen MR) is 153 cm³/mol. The van der Waals surface area contributed by atoms with Crippen molar-refractivity contribution in [2.45, 2.75) is 155 Å². The summed E-state index contributed by atoms with van der Waals surface area (Å²) in [6.45, 7) is 6.68. The lowest BCUT2D eigenvalue weighted by atomic mass is 10.0. The molecule has 2 nitrogen and oxygen atoms in total. The Kier molecular flexibility index (Phi) is 17.5. The van der Waals surface area contributed by atoms with E-state index in [4.69, 9.17) is 0 Å². The molecule has 0 fully saturated rings. The van der Waals surface area contributed by atoms with Crippen LogP contribution in [0, 0.1) is 6.92 Å². The standard InChI is InChI=1S/C33H57N2/c1-3-4-5-6-7-8-9-10-11-12-13-14-15-16-17-18-19-20-21-25-28-34-29-30-35(32(34)2)31-33-26-23-22-24-27-33/h22-24,26-27,29-30H,3-21,25,28,31H2,1-2H3/q+1. The van der Waals surface area contributed by atoms with Gasteiger partial charge < -0.3 is 0 Å². The van der Waals surface area contributed by atoms with Gasteiger partial charge in [0.15, 0.2) is 0 Å². The molecule has 0 saturated heterocycles. The number of nitrogens with zero attached hydrogens (tertiary/aromatic N) is 2. The van der Waals surface area contributed by atoms with Gasteiger partial charge in [0.1, 0.15) is 18.9 Å². The second kappa shape index (κ2) is 20.6. The summed E-state index contributed by atoms with van der Waals surface area (Å²) in [6.07, 6.45) is 33.4. The molecule has 35 heavy (non-hydrogen) atoms. The minimum absolute atomic E-state index is 0.971. The molecular weight excluding hydrogens is 424 g/mol. The van der Waals surface area contributed by atoms with Gasteiger partial charge in [-0.15, -0.1) is 0 Å². The summed E-state index contributed by atoms with van der Waals surface area (Å²) in [4.78, 5) is 0. The molecule has 0 saturated carbocycles. The summed E-state index contributed by atoms with van der Waals surface area (Å²) in [6, 6.07) is 10.8. The van der Waals surface area contributed by atoms with Crippen molar-refractivity contribution in [2.75, 3.05) is 0 Å². The van der Waals surface area contributed by atoms with Crippen LogP contribution in [0.3, 0.4) is 0 Å². The maximum atomic E-state index is 2.43. The number of rotatable bonds is 23. The van der Waals surface area contributed by atoms with E-state index in [0.29, 0.717) is 0 Å². The molecule has 1 aromatic carbocycles. The molecular formula is C33H57N2+. The first-order chi connectivity index (χ1) is 17.3. The highest BCUT2D eigenvalue weighted by Gasteiger charge is 2.12. The SMILES string of the molecule is CCCCCCCCCCCCCCCCCCCCCCn1cc[n+](Cc2ccccc2)c1C. The molecule has 198 valence electrons. The Hall–Kier alpha value is -1.57. The fourth-order valence-electron chi connectivity index (χ4n) is 5.26. The van der Waals surface area contributed by atoms with Crippen LogP contribution in [-0.4, -0.2) is 4.57 Å². The first kappa shape index (κ1) is 29.7. The summed E-state index contributed by atoms with van der Waals surface area (Å²) < 4.78 is 4.80. The molecule has 2 rings (SSSR count). The average Bonchev–Trinajstić information content (AvgIpc) is 3.22. The molecule has 0 spiro atoms. The topological polar surface area (TPSA) is 8.81 Å². The van der Waals surface area contributed by atoms with Crippen LogP contribution in [0.5, 0.6) is 0 Å². The van der Waals surface area contributed by atoms with Crippen LogP contribution in [0.2, 0.25) is 0 Å². The van der Waals surface area contributed by atoms with Crippen LogP contribution >= 0.6 is 0 Å². The van der Waals surface area contributed by atoms with Crippen molar-refractivity contribution in [3.05, 3.63) is 54.1 Å². The Morgan fingerprint density at radius 1 is 0.571 bits per heavy atom. The van der Waals surface area contributed by atoms with Gasteiger partial charge in [0, 0.05) is 6.92 Å². The van der Waals surface area contributed by atoms with E-state index in [0.717, 1.165) is 13.1 Å². The number of hydrogen-bond acceptors (Lipinski definition) is 0. The Morgan fingerprint density at radius 2 is 1.00 bits per heavy atom. The van der Waals surface area contributed by atoms with Gasteiger partial charge in [-0.2, -0.15) is 0 Å². The van der Waals surface area contributed by atoms with Crippen LogP contribution in [0.15, 0.2) is 42.7 Å². The van der Waals surface area contributed by atoms with Gasteiger partial charge in [0.05, 0.1) is 6.54 Å². The Bertz CT molecular complexity index is 718. The van der Waals surface area contributed by atoms with Crippen molar-refractivity contribution in [3.63, 3.8) is 0 Å². The Balaban J connectivity index is 1.32. The molecule has 2 heteroatoms. The van der Waals surface area contributed by atoms with E-state index in [2.05, 4.69) is 65.7 Å². The van der Waals surface area contributed by atoms with Gasteiger partial charge in [-0.05, 0) is 18.4 Å². The van der Waals surface area contributed by atoms with Crippen LogP contribution in [0.1, 0.15) is 147 Å². The zero-order valence-electron chi connectivity index (χ0n) is 23.5. The fourth-order valence-corrected chi connectivity index (χ4v) is 5.26. The van der Waals surface area contributed by atoms with Crippen molar-refractivity contribution in [1.82, 2.24) is 4.57 Å². The summed E-state index contributed by atoms with van der Waals surface area (Å²) in [5.74, 6) is 1.37. The van der Waals surface area contributed by atoms with E-state index in [1.54, 1.807) is 0 Å². The first-order valence-electron chi connectivity index (χ1n) is 15.4. The summed E-state index contributed by atoms with van der Waals surface area (Å²) in [7, 11) is 0. The maximum Gasteiger partial charge on any atom is 0.253 e. The van der Waals surface area contributed by atoms with Crippen LogP contribution in [0.4, 0.5) is 0 Å². The van der Waals surface area contributed by atoms with Crippen molar-refractivity contribution < 1.29 is 4.57 Å². The molecule has 1 heterocycles. The molecule has 0 aliphatic carbocycles. The monoisotopic (exact) mass is 481 g/mol. The zero-order valence-corrected chi connectivity index (χ0v) is 23.5. The average molecular weight is 482 g/mol. The minimum atomic E-state index is 0.971. The zero-order chi connectivity index (χ0) is 24.8. The molecule has 0 unspecified atom stereocenters. The highest BCUT2D eigenvalue weighted by Crippen LogP contribution is 2.15. The summed E-state index contributed by atoms with van der Waals surface area (Å²) in [5.41, 5.74) is 1.37.